The van der Waals surface area contributed by atoms with Gasteiger partial charge in [-0.1, -0.05) is 30.3 Å². The second-order valence-corrected chi connectivity index (χ2v) is 4.68. The molecule has 2 aromatic rings. The van der Waals surface area contributed by atoms with Gasteiger partial charge in [0.2, 0.25) is 0 Å². The van der Waals surface area contributed by atoms with Gasteiger partial charge in [0.05, 0.1) is 17.2 Å². The minimum atomic E-state index is -0.760. The molecule has 0 spiro atoms. The number of nitrogens with zero attached hydrogens (tertiary/aromatic N) is 1. The van der Waals surface area contributed by atoms with E-state index in [1.807, 2.05) is 30.3 Å². The number of carbonyl (C=O) groups excluding carboxylic acids is 1. The molecule has 1 heterocycles. The van der Waals surface area contributed by atoms with Crippen molar-refractivity contribution >= 4 is 5.78 Å². The minimum Gasteiger partial charge on any atom is -0.293 e. The maximum Gasteiger partial charge on any atom is 0.175 e. The molecule has 0 aliphatic heterocycles. The van der Waals surface area contributed by atoms with Crippen molar-refractivity contribution < 1.29 is 9.18 Å². The molecule has 0 saturated heterocycles. The molecular weight excluding hydrogens is 229 g/mol. The summed E-state index contributed by atoms with van der Waals surface area (Å²) < 4.78 is 13.6. The lowest BCUT2D eigenvalue weighted by Crippen LogP contribution is -2.29. The number of ketones is 1. The fourth-order valence-electron chi connectivity index (χ4n) is 1.88. The standard InChI is InChI=1S/C15H14FNO/c1-15(2,11-6-4-3-5-7-11)14(18)12-8-9-17-10-13(12)16/h3-10H,1-2H3. The zero-order chi connectivity index (χ0) is 13.2. The summed E-state index contributed by atoms with van der Waals surface area (Å²) in [4.78, 5) is 16.1. The Morgan fingerprint density at radius 1 is 1.17 bits per heavy atom. The van der Waals surface area contributed by atoms with Crippen LogP contribution in [-0.2, 0) is 5.41 Å². The first kappa shape index (κ1) is 12.4. The molecule has 0 atom stereocenters. The maximum absolute atomic E-state index is 13.6. The van der Waals surface area contributed by atoms with E-state index in [9.17, 15) is 9.18 Å². The molecule has 1 aromatic heterocycles. The number of aromatic nitrogens is 1. The predicted octanol–water partition coefficient (Wildman–Crippen LogP) is 3.38. The van der Waals surface area contributed by atoms with Gasteiger partial charge in [0.25, 0.3) is 0 Å². The summed E-state index contributed by atoms with van der Waals surface area (Å²) in [5, 5.41) is 0. The fraction of sp³-hybridized carbons (Fsp3) is 0.200. The van der Waals surface area contributed by atoms with E-state index in [1.165, 1.54) is 12.3 Å². The van der Waals surface area contributed by atoms with Crippen LogP contribution < -0.4 is 0 Å². The lowest BCUT2D eigenvalue weighted by Gasteiger charge is -2.23. The van der Waals surface area contributed by atoms with Crippen molar-refractivity contribution in [3.8, 4) is 0 Å². The largest absolute Gasteiger partial charge is 0.293 e. The lowest BCUT2D eigenvalue weighted by atomic mass is 9.78. The van der Waals surface area contributed by atoms with Crippen molar-refractivity contribution in [3.63, 3.8) is 0 Å². The summed E-state index contributed by atoms with van der Waals surface area (Å²) in [7, 11) is 0. The summed E-state index contributed by atoms with van der Waals surface area (Å²) in [5.41, 5.74) is 0.189. The van der Waals surface area contributed by atoms with E-state index in [0.717, 1.165) is 11.8 Å². The Balaban J connectivity index is 2.43. The van der Waals surface area contributed by atoms with Crippen molar-refractivity contribution in [1.82, 2.24) is 4.98 Å². The molecule has 2 nitrogen and oxygen atoms in total. The van der Waals surface area contributed by atoms with E-state index in [4.69, 9.17) is 0 Å². The fourth-order valence-corrected chi connectivity index (χ4v) is 1.88. The summed E-state index contributed by atoms with van der Waals surface area (Å²) in [6.45, 7) is 3.59. The Kier molecular flexibility index (Phi) is 3.24. The molecule has 0 N–H and O–H groups in total. The second-order valence-electron chi connectivity index (χ2n) is 4.68. The number of carbonyl (C=O) groups is 1. The van der Waals surface area contributed by atoms with Crippen molar-refractivity contribution in [2.24, 2.45) is 0 Å². The van der Waals surface area contributed by atoms with Crippen LogP contribution in [0, 0.1) is 5.82 Å². The third-order valence-corrected chi connectivity index (χ3v) is 3.08. The third kappa shape index (κ3) is 2.16. The number of hydrogen-bond acceptors (Lipinski definition) is 2. The summed E-state index contributed by atoms with van der Waals surface area (Å²) >= 11 is 0. The van der Waals surface area contributed by atoms with Gasteiger partial charge >= 0.3 is 0 Å². The second kappa shape index (κ2) is 4.69. The van der Waals surface area contributed by atoms with E-state index in [-0.39, 0.29) is 11.3 Å². The van der Waals surface area contributed by atoms with Crippen LogP contribution in [0.5, 0.6) is 0 Å². The Morgan fingerprint density at radius 2 is 1.83 bits per heavy atom. The average Bonchev–Trinajstić information content (AvgIpc) is 2.39. The lowest BCUT2D eigenvalue weighted by molar-refractivity contribution is 0.0904. The predicted molar refractivity (Wildman–Crippen MR) is 68.0 cm³/mol. The highest BCUT2D eigenvalue weighted by Crippen LogP contribution is 2.28. The highest BCUT2D eigenvalue weighted by Gasteiger charge is 2.32. The molecule has 0 bridgehead atoms. The molecule has 18 heavy (non-hydrogen) atoms. The van der Waals surface area contributed by atoms with E-state index in [1.54, 1.807) is 13.8 Å². The Morgan fingerprint density at radius 3 is 2.44 bits per heavy atom. The first-order valence-electron chi connectivity index (χ1n) is 5.73. The maximum atomic E-state index is 13.6. The molecule has 2 rings (SSSR count). The van der Waals surface area contributed by atoms with Gasteiger partial charge in [-0.15, -0.1) is 0 Å². The molecule has 0 saturated carbocycles. The van der Waals surface area contributed by atoms with Gasteiger partial charge in [-0.2, -0.15) is 0 Å². The van der Waals surface area contributed by atoms with Gasteiger partial charge in [0.15, 0.2) is 11.6 Å². The van der Waals surface area contributed by atoms with E-state index < -0.39 is 11.2 Å². The molecule has 0 unspecified atom stereocenters. The normalized spacial score (nSPS) is 11.3. The topological polar surface area (TPSA) is 30.0 Å². The molecule has 3 heteroatoms. The van der Waals surface area contributed by atoms with E-state index >= 15 is 0 Å². The van der Waals surface area contributed by atoms with Gasteiger partial charge in [0, 0.05) is 6.20 Å². The van der Waals surface area contributed by atoms with Crippen LogP contribution in [0.4, 0.5) is 4.39 Å². The van der Waals surface area contributed by atoms with Gasteiger partial charge in [-0.05, 0) is 25.5 Å². The monoisotopic (exact) mass is 243 g/mol. The smallest absolute Gasteiger partial charge is 0.175 e. The van der Waals surface area contributed by atoms with Gasteiger partial charge < -0.3 is 0 Å². The molecule has 92 valence electrons. The van der Waals surface area contributed by atoms with Crippen molar-refractivity contribution in [3.05, 3.63) is 65.7 Å². The molecule has 0 aliphatic rings. The SMILES string of the molecule is CC(C)(C(=O)c1ccncc1F)c1ccccc1. The number of hydrogen-bond donors (Lipinski definition) is 0. The Labute approximate surface area is 105 Å². The van der Waals surface area contributed by atoms with Crippen LogP contribution in [0.15, 0.2) is 48.8 Å². The van der Waals surface area contributed by atoms with Gasteiger partial charge in [0.1, 0.15) is 0 Å². The minimum absolute atomic E-state index is 0.0823. The molecule has 0 fully saturated rings. The first-order chi connectivity index (χ1) is 8.53. The summed E-state index contributed by atoms with van der Waals surface area (Å²) in [6.07, 6.45) is 2.49. The highest BCUT2D eigenvalue weighted by molar-refractivity contribution is 6.03. The first-order valence-corrected chi connectivity index (χ1v) is 5.73. The molecule has 0 radical (unpaired) electrons. The number of rotatable bonds is 3. The number of halogens is 1. The summed E-state index contributed by atoms with van der Waals surface area (Å²) in [5.74, 6) is -0.819. The molecular formula is C15H14FNO. The van der Waals surface area contributed by atoms with Crippen LogP contribution in [0.2, 0.25) is 0 Å². The van der Waals surface area contributed by atoms with E-state index in [0.29, 0.717) is 0 Å². The van der Waals surface area contributed by atoms with Crippen molar-refractivity contribution in [2.75, 3.05) is 0 Å². The zero-order valence-corrected chi connectivity index (χ0v) is 10.4. The molecule has 0 amide bonds. The number of benzene rings is 1. The number of pyridine rings is 1. The zero-order valence-electron chi connectivity index (χ0n) is 10.4. The van der Waals surface area contributed by atoms with Crippen LogP contribution >= 0.6 is 0 Å². The third-order valence-electron chi connectivity index (χ3n) is 3.08. The average molecular weight is 243 g/mol. The quantitative estimate of drug-likeness (QED) is 0.773. The molecule has 1 aromatic carbocycles. The molecule has 0 aliphatic carbocycles. The Bertz CT molecular complexity index is 564. The summed E-state index contributed by atoms with van der Waals surface area (Å²) in [6, 6.07) is 10.8. The van der Waals surface area contributed by atoms with Crippen molar-refractivity contribution in [1.29, 1.82) is 0 Å². The van der Waals surface area contributed by atoms with Crippen LogP contribution in [-0.4, -0.2) is 10.8 Å². The van der Waals surface area contributed by atoms with Crippen LogP contribution in [0.25, 0.3) is 0 Å². The Hall–Kier alpha value is -2.03. The van der Waals surface area contributed by atoms with Crippen molar-refractivity contribution in [2.45, 2.75) is 19.3 Å². The van der Waals surface area contributed by atoms with Gasteiger partial charge in [-0.3, -0.25) is 9.78 Å². The van der Waals surface area contributed by atoms with Crippen LogP contribution in [0.3, 0.4) is 0 Å². The number of Topliss-reactive ketones (excluding diaryl/α,β-unsaturated/α-hetero) is 1. The van der Waals surface area contributed by atoms with Crippen LogP contribution in [0.1, 0.15) is 29.8 Å². The van der Waals surface area contributed by atoms with E-state index in [2.05, 4.69) is 4.98 Å². The highest BCUT2D eigenvalue weighted by atomic mass is 19.1. The van der Waals surface area contributed by atoms with Gasteiger partial charge in [-0.25, -0.2) is 4.39 Å².